The standard InChI is InChI=1S/C28H34N2O3S/c31-21-27-28(24-16-14-23(15-17-24)13-12-22-8-4-5-9-22)26-20-29(18-6-7-19-30(26)27)34(32,33)25-10-2-1-3-11-25/h1-3,10-11,14-17,22,26-28,31H,4-9,18-21H2/t26-,27+,28-/m0/s1. The average Bonchev–Trinajstić information content (AvgIpc) is 3.37. The van der Waals surface area contributed by atoms with Gasteiger partial charge in [0.15, 0.2) is 0 Å². The third-order valence-corrected chi connectivity index (χ3v) is 9.66. The first-order valence-corrected chi connectivity index (χ1v) is 14.1. The first-order valence-electron chi connectivity index (χ1n) is 12.6. The van der Waals surface area contributed by atoms with E-state index in [1.54, 1.807) is 28.6 Å². The Labute approximate surface area is 203 Å². The molecule has 0 radical (unpaired) electrons. The van der Waals surface area contributed by atoms with E-state index in [2.05, 4.69) is 41.0 Å². The van der Waals surface area contributed by atoms with Crippen LogP contribution in [0.3, 0.4) is 0 Å². The Hall–Kier alpha value is -2.17. The van der Waals surface area contributed by atoms with Crippen molar-refractivity contribution >= 4 is 10.0 Å². The Balaban J connectivity index is 1.37. The van der Waals surface area contributed by atoms with Crippen LogP contribution in [-0.2, 0) is 10.0 Å². The molecule has 2 aromatic carbocycles. The van der Waals surface area contributed by atoms with Crippen LogP contribution in [0.5, 0.6) is 0 Å². The first-order chi connectivity index (χ1) is 16.6. The number of aliphatic hydroxyl groups excluding tert-OH is 1. The lowest BCUT2D eigenvalue weighted by molar-refractivity contribution is -0.0553. The van der Waals surface area contributed by atoms with E-state index in [0.717, 1.165) is 30.5 Å². The van der Waals surface area contributed by atoms with E-state index in [1.807, 2.05) is 6.07 Å². The molecule has 1 aliphatic carbocycles. The Morgan fingerprint density at radius 3 is 2.32 bits per heavy atom. The summed E-state index contributed by atoms with van der Waals surface area (Å²) in [5.74, 6) is 7.40. The zero-order valence-electron chi connectivity index (χ0n) is 19.6. The highest BCUT2D eigenvalue weighted by Crippen LogP contribution is 2.42. The molecule has 0 unspecified atom stereocenters. The summed E-state index contributed by atoms with van der Waals surface area (Å²) in [7, 11) is -3.55. The van der Waals surface area contributed by atoms with Gasteiger partial charge in [-0.3, -0.25) is 4.90 Å². The molecule has 6 heteroatoms. The van der Waals surface area contributed by atoms with Gasteiger partial charge in [-0.1, -0.05) is 55.0 Å². The lowest BCUT2D eigenvalue weighted by Gasteiger charge is -2.57. The van der Waals surface area contributed by atoms with Gasteiger partial charge in [-0.25, -0.2) is 8.42 Å². The van der Waals surface area contributed by atoms with Gasteiger partial charge >= 0.3 is 0 Å². The molecule has 0 bridgehead atoms. The molecule has 34 heavy (non-hydrogen) atoms. The summed E-state index contributed by atoms with van der Waals surface area (Å²) in [4.78, 5) is 2.66. The van der Waals surface area contributed by atoms with Crippen molar-refractivity contribution in [2.75, 3.05) is 26.2 Å². The number of hydrogen-bond donors (Lipinski definition) is 1. The molecule has 0 spiro atoms. The van der Waals surface area contributed by atoms with Crippen molar-refractivity contribution in [3.05, 3.63) is 65.7 Å². The molecule has 180 valence electrons. The topological polar surface area (TPSA) is 60.9 Å². The van der Waals surface area contributed by atoms with Gasteiger partial charge in [-0.15, -0.1) is 0 Å². The summed E-state index contributed by atoms with van der Waals surface area (Å²) >= 11 is 0. The molecule has 2 aromatic rings. The predicted molar refractivity (Wildman–Crippen MR) is 134 cm³/mol. The van der Waals surface area contributed by atoms with Crippen LogP contribution in [-0.4, -0.2) is 61.1 Å². The molecule has 3 fully saturated rings. The van der Waals surface area contributed by atoms with Crippen molar-refractivity contribution in [3.63, 3.8) is 0 Å². The van der Waals surface area contributed by atoms with Gasteiger partial charge in [0.25, 0.3) is 0 Å². The second-order valence-corrected chi connectivity index (χ2v) is 11.8. The molecule has 2 heterocycles. The second-order valence-electron chi connectivity index (χ2n) is 9.84. The number of rotatable bonds is 4. The molecular weight excluding hydrogens is 444 g/mol. The average molecular weight is 479 g/mol. The Kier molecular flexibility index (Phi) is 7.08. The van der Waals surface area contributed by atoms with Gasteiger partial charge < -0.3 is 5.11 Å². The van der Waals surface area contributed by atoms with Gasteiger partial charge in [0.05, 0.1) is 11.5 Å². The number of nitrogens with zero attached hydrogens (tertiary/aromatic N) is 2. The van der Waals surface area contributed by atoms with Crippen molar-refractivity contribution in [2.45, 2.75) is 61.4 Å². The van der Waals surface area contributed by atoms with Gasteiger partial charge in [-0.05, 0) is 62.1 Å². The summed E-state index contributed by atoms with van der Waals surface area (Å²) < 4.78 is 28.4. The molecule has 2 aliphatic heterocycles. The quantitative estimate of drug-likeness (QED) is 0.679. The van der Waals surface area contributed by atoms with Crippen molar-refractivity contribution in [2.24, 2.45) is 5.92 Å². The van der Waals surface area contributed by atoms with Crippen molar-refractivity contribution in [1.29, 1.82) is 0 Å². The molecule has 1 saturated carbocycles. The maximum atomic E-state index is 13.4. The van der Waals surface area contributed by atoms with Gasteiger partial charge in [0.2, 0.25) is 10.0 Å². The predicted octanol–water partition coefficient (Wildman–Crippen LogP) is 3.84. The molecule has 0 amide bonds. The largest absolute Gasteiger partial charge is 0.395 e. The number of benzene rings is 2. The van der Waals surface area contributed by atoms with E-state index in [-0.39, 0.29) is 24.6 Å². The van der Waals surface area contributed by atoms with Gasteiger partial charge in [-0.2, -0.15) is 4.31 Å². The molecule has 1 N–H and O–H groups in total. The highest BCUT2D eigenvalue weighted by atomic mass is 32.2. The Morgan fingerprint density at radius 1 is 0.912 bits per heavy atom. The summed E-state index contributed by atoms with van der Waals surface area (Å²) in [6.07, 6.45) is 6.76. The fraction of sp³-hybridized carbons (Fsp3) is 0.500. The SMILES string of the molecule is O=S(=O)(c1ccccc1)N1CCCCN2[C@H](CO)[C@@H](c3ccc(C#CC4CCCC4)cc3)[C@@H]2C1. The molecule has 0 aromatic heterocycles. The smallest absolute Gasteiger partial charge is 0.243 e. The Bertz CT molecular complexity index is 1130. The number of sulfonamides is 1. The fourth-order valence-corrected chi connectivity index (χ4v) is 7.43. The van der Waals surface area contributed by atoms with E-state index < -0.39 is 10.0 Å². The fourth-order valence-electron chi connectivity index (χ4n) is 5.91. The normalized spacial score (nSPS) is 26.6. The monoisotopic (exact) mass is 478 g/mol. The van der Waals surface area contributed by atoms with Crippen LogP contribution in [0.4, 0.5) is 0 Å². The maximum Gasteiger partial charge on any atom is 0.243 e. The van der Waals surface area contributed by atoms with E-state index in [4.69, 9.17) is 0 Å². The minimum absolute atomic E-state index is 0.0276. The third kappa shape index (κ3) is 4.67. The molecule has 3 aliphatic rings. The molecule has 5 nitrogen and oxygen atoms in total. The zero-order valence-corrected chi connectivity index (χ0v) is 20.5. The number of hydrogen-bond acceptors (Lipinski definition) is 4. The van der Waals surface area contributed by atoms with Crippen LogP contribution in [0, 0.1) is 17.8 Å². The Morgan fingerprint density at radius 2 is 1.62 bits per heavy atom. The summed E-state index contributed by atoms with van der Waals surface area (Å²) in [6.45, 7) is 1.96. The van der Waals surface area contributed by atoms with E-state index in [0.29, 0.717) is 23.9 Å². The molecule has 2 saturated heterocycles. The van der Waals surface area contributed by atoms with Crippen LogP contribution in [0.2, 0.25) is 0 Å². The number of fused-ring (bicyclic) bond motifs is 1. The molecule has 5 rings (SSSR count). The van der Waals surface area contributed by atoms with Crippen molar-refractivity contribution in [3.8, 4) is 11.8 Å². The van der Waals surface area contributed by atoms with E-state index in [1.165, 1.54) is 25.7 Å². The molecular formula is C28H34N2O3S. The molecule has 3 atom stereocenters. The maximum absolute atomic E-state index is 13.4. The van der Waals surface area contributed by atoms with E-state index >= 15 is 0 Å². The van der Waals surface area contributed by atoms with Crippen LogP contribution < -0.4 is 0 Å². The lowest BCUT2D eigenvalue weighted by atomic mass is 9.74. The summed E-state index contributed by atoms with van der Waals surface area (Å²) in [5, 5.41) is 10.2. The first kappa shape index (κ1) is 23.6. The number of aliphatic hydroxyl groups is 1. The van der Waals surface area contributed by atoms with Crippen LogP contribution in [0.1, 0.15) is 55.6 Å². The highest BCUT2D eigenvalue weighted by molar-refractivity contribution is 7.89. The van der Waals surface area contributed by atoms with Crippen molar-refractivity contribution < 1.29 is 13.5 Å². The minimum Gasteiger partial charge on any atom is -0.395 e. The van der Waals surface area contributed by atoms with Crippen LogP contribution >= 0.6 is 0 Å². The van der Waals surface area contributed by atoms with E-state index in [9.17, 15) is 13.5 Å². The van der Waals surface area contributed by atoms with Gasteiger partial charge in [0, 0.05) is 42.6 Å². The minimum atomic E-state index is -3.55. The van der Waals surface area contributed by atoms with Gasteiger partial charge in [0.1, 0.15) is 0 Å². The van der Waals surface area contributed by atoms with Crippen LogP contribution in [0.15, 0.2) is 59.5 Å². The zero-order chi connectivity index (χ0) is 23.5. The third-order valence-electron chi connectivity index (χ3n) is 7.78. The summed E-state index contributed by atoms with van der Waals surface area (Å²) in [6, 6.07) is 17.2. The summed E-state index contributed by atoms with van der Waals surface area (Å²) in [5.41, 5.74) is 2.18. The highest BCUT2D eigenvalue weighted by Gasteiger charge is 2.50. The van der Waals surface area contributed by atoms with Crippen molar-refractivity contribution in [1.82, 2.24) is 9.21 Å². The second kappa shape index (κ2) is 10.2. The van der Waals surface area contributed by atoms with Crippen LogP contribution in [0.25, 0.3) is 0 Å². The lowest BCUT2D eigenvalue weighted by Crippen LogP contribution is -2.67.